The SMILES string of the molecule is COc1ccc(C)cc1.Cc1ccc(Oc2ccccc2)cc1.Cc1ccc2c(c1)Cc1ccccc1-2. The molecule has 0 amide bonds. The Morgan fingerprint density at radius 3 is 1.62 bits per heavy atom. The molecule has 0 unspecified atom stereocenters. The molecule has 1 aliphatic carbocycles. The molecular formula is C35H34O2. The van der Waals surface area contributed by atoms with Gasteiger partial charge in [-0.2, -0.15) is 0 Å². The van der Waals surface area contributed by atoms with E-state index in [0.29, 0.717) is 0 Å². The maximum absolute atomic E-state index is 5.63. The summed E-state index contributed by atoms with van der Waals surface area (Å²) in [6, 6.07) is 41.2. The molecule has 37 heavy (non-hydrogen) atoms. The van der Waals surface area contributed by atoms with E-state index in [2.05, 4.69) is 63.2 Å². The van der Waals surface area contributed by atoms with Gasteiger partial charge in [-0.05, 0) is 85.8 Å². The van der Waals surface area contributed by atoms with Gasteiger partial charge < -0.3 is 9.47 Å². The summed E-state index contributed by atoms with van der Waals surface area (Å²) in [5, 5.41) is 0. The molecule has 0 saturated carbocycles. The van der Waals surface area contributed by atoms with Crippen molar-refractivity contribution in [2.75, 3.05) is 7.11 Å². The van der Waals surface area contributed by atoms with E-state index < -0.39 is 0 Å². The molecule has 0 bridgehead atoms. The van der Waals surface area contributed by atoms with E-state index in [9.17, 15) is 0 Å². The first kappa shape index (κ1) is 25.8. The van der Waals surface area contributed by atoms with Gasteiger partial charge in [0, 0.05) is 0 Å². The summed E-state index contributed by atoms with van der Waals surface area (Å²) in [4.78, 5) is 0. The van der Waals surface area contributed by atoms with Gasteiger partial charge in [-0.1, -0.05) is 102 Å². The minimum Gasteiger partial charge on any atom is -0.497 e. The van der Waals surface area contributed by atoms with Gasteiger partial charge in [0.2, 0.25) is 0 Å². The molecule has 0 spiro atoms. The number of para-hydroxylation sites is 1. The van der Waals surface area contributed by atoms with Crippen LogP contribution in [-0.2, 0) is 6.42 Å². The van der Waals surface area contributed by atoms with Crippen LogP contribution < -0.4 is 9.47 Å². The fraction of sp³-hybridized carbons (Fsp3) is 0.143. The van der Waals surface area contributed by atoms with Crippen molar-refractivity contribution in [2.24, 2.45) is 0 Å². The quantitative estimate of drug-likeness (QED) is 0.248. The molecule has 186 valence electrons. The minimum absolute atomic E-state index is 0.872. The Kier molecular flexibility index (Phi) is 8.78. The molecule has 0 N–H and O–H groups in total. The Hall–Kier alpha value is -4.30. The summed E-state index contributed by atoms with van der Waals surface area (Å²) in [6.07, 6.45) is 1.10. The first-order chi connectivity index (χ1) is 18.0. The van der Waals surface area contributed by atoms with E-state index in [0.717, 1.165) is 23.7 Å². The lowest BCUT2D eigenvalue weighted by molar-refractivity contribution is 0.414. The van der Waals surface area contributed by atoms with Crippen LogP contribution in [0.4, 0.5) is 0 Å². The minimum atomic E-state index is 0.872. The van der Waals surface area contributed by atoms with Gasteiger partial charge in [0.1, 0.15) is 17.2 Å². The Morgan fingerprint density at radius 1 is 0.459 bits per heavy atom. The Bertz CT molecular complexity index is 1400. The zero-order chi connectivity index (χ0) is 26.0. The average molecular weight is 487 g/mol. The van der Waals surface area contributed by atoms with Crippen LogP contribution in [0.3, 0.4) is 0 Å². The van der Waals surface area contributed by atoms with Gasteiger partial charge in [-0.15, -0.1) is 0 Å². The molecule has 2 nitrogen and oxygen atoms in total. The highest BCUT2D eigenvalue weighted by Crippen LogP contribution is 2.36. The number of ether oxygens (including phenoxy) is 2. The summed E-state index contributed by atoms with van der Waals surface area (Å²) in [6.45, 7) is 6.27. The largest absolute Gasteiger partial charge is 0.497 e. The van der Waals surface area contributed by atoms with Crippen LogP contribution >= 0.6 is 0 Å². The zero-order valence-corrected chi connectivity index (χ0v) is 22.1. The summed E-state index contributed by atoms with van der Waals surface area (Å²) < 4.78 is 10.6. The Labute approximate surface area is 221 Å². The van der Waals surface area contributed by atoms with Crippen molar-refractivity contribution in [3.63, 3.8) is 0 Å². The van der Waals surface area contributed by atoms with Gasteiger partial charge >= 0.3 is 0 Å². The third-order valence-electron chi connectivity index (χ3n) is 6.21. The Morgan fingerprint density at radius 2 is 0.973 bits per heavy atom. The highest BCUT2D eigenvalue weighted by molar-refractivity contribution is 5.76. The van der Waals surface area contributed by atoms with E-state index in [-0.39, 0.29) is 0 Å². The maximum Gasteiger partial charge on any atom is 0.127 e. The van der Waals surface area contributed by atoms with Crippen LogP contribution in [0, 0.1) is 20.8 Å². The fourth-order valence-electron chi connectivity index (χ4n) is 4.18. The van der Waals surface area contributed by atoms with E-state index in [1.165, 1.54) is 38.9 Å². The standard InChI is InChI=1S/C14H12.C13H12O.C8H10O/c1-10-6-7-14-12(8-10)9-11-4-2-3-5-13(11)14;1-11-7-9-13(10-8-11)14-12-5-3-2-4-6-12;1-7-3-5-8(9-2)6-4-7/h2-8H,9H2,1H3;2-10H,1H3;3-6H,1-2H3. The summed E-state index contributed by atoms with van der Waals surface area (Å²) in [5.41, 5.74) is 9.64. The summed E-state index contributed by atoms with van der Waals surface area (Å²) >= 11 is 0. The van der Waals surface area contributed by atoms with Gasteiger partial charge in [0.15, 0.2) is 0 Å². The number of benzene rings is 5. The highest BCUT2D eigenvalue weighted by atomic mass is 16.5. The number of methoxy groups -OCH3 is 1. The maximum atomic E-state index is 5.63. The molecule has 6 rings (SSSR count). The molecule has 2 heteroatoms. The summed E-state index contributed by atoms with van der Waals surface area (Å²) in [5.74, 6) is 2.67. The number of hydrogen-bond acceptors (Lipinski definition) is 2. The second kappa shape index (κ2) is 12.6. The van der Waals surface area contributed by atoms with Crippen LogP contribution in [0.1, 0.15) is 27.8 Å². The lowest BCUT2D eigenvalue weighted by atomic mass is 10.0. The molecule has 0 saturated heterocycles. The van der Waals surface area contributed by atoms with E-state index in [4.69, 9.17) is 9.47 Å². The van der Waals surface area contributed by atoms with Gasteiger partial charge in [0.25, 0.3) is 0 Å². The van der Waals surface area contributed by atoms with Crippen molar-refractivity contribution in [1.82, 2.24) is 0 Å². The van der Waals surface area contributed by atoms with Crippen LogP contribution in [-0.4, -0.2) is 7.11 Å². The van der Waals surface area contributed by atoms with Crippen molar-refractivity contribution in [3.8, 4) is 28.4 Å². The number of fused-ring (bicyclic) bond motifs is 3. The van der Waals surface area contributed by atoms with Crippen molar-refractivity contribution in [3.05, 3.63) is 149 Å². The third kappa shape index (κ3) is 7.35. The van der Waals surface area contributed by atoms with E-state index >= 15 is 0 Å². The van der Waals surface area contributed by atoms with Crippen molar-refractivity contribution >= 4 is 0 Å². The van der Waals surface area contributed by atoms with Crippen molar-refractivity contribution in [1.29, 1.82) is 0 Å². The third-order valence-corrected chi connectivity index (χ3v) is 6.21. The molecule has 0 atom stereocenters. The smallest absolute Gasteiger partial charge is 0.127 e. The molecule has 0 fully saturated rings. The monoisotopic (exact) mass is 486 g/mol. The van der Waals surface area contributed by atoms with Crippen LogP contribution in [0.25, 0.3) is 11.1 Å². The van der Waals surface area contributed by atoms with Crippen LogP contribution in [0.2, 0.25) is 0 Å². The molecule has 0 aliphatic heterocycles. The molecular weight excluding hydrogens is 452 g/mol. The van der Waals surface area contributed by atoms with Crippen molar-refractivity contribution < 1.29 is 9.47 Å². The molecule has 0 radical (unpaired) electrons. The van der Waals surface area contributed by atoms with Gasteiger partial charge in [0.05, 0.1) is 7.11 Å². The predicted octanol–water partition coefficient (Wildman–Crippen LogP) is 9.36. The molecule has 1 aliphatic rings. The predicted molar refractivity (Wildman–Crippen MR) is 155 cm³/mol. The molecule has 5 aromatic rings. The Balaban J connectivity index is 0.000000134. The second-order valence-electron chi connectivity index (χ2n) is 9.24. The zero-order valence-electron chi connectivity index (χ0n) is 22.1. The normalized spacial score (nSPS) is 10.6. The highest BCUT2D eigenvalue weighted by Gasteiger charge is 2.16. The number of aryl methyl sites for hydroxylation is 3. The first-order valence-corrected chi connectivity index (χ1v) is 12.6. The van der Waals surface area contributed by atoms with Gasteiger partial charge in [-0.25, -0.2) is 0 Å². The second-order valence-corrected chi connectivity index (χ2v) is 9.24. The first-order valence-electron chi connectivity index (χ1n) is 12.6. The van der Waals surface area contributed by atoms with Gasteiger partial charge in [-0.3, -0.25) is 0 Å². The number of hydrogen-bond donors (Lipinski definition) is 0. The summed E-state index contributed by atoms with van der Waals surface area (Å²) in [7, 11) is 1.67. The van der Waals surface area contributed by atoms with E-state index in [1.807, 2.05) is 78.9 Å². The van der Waals surface area contributed by atoms with Crippen molar-refractivity contribution in [2.45, 2.75) is 27.2 Å². The molecule has 5 aromatic carbocycles. The van der Waals surface area contributed by atoms with Crippen LogP contribution in [0.15, 0.2) is 121 Å². The topological polar surface area (TPSA) is 18.5 Å². The van der Waals surface area contributed by atoms with Crippen LogP contribution in [0.5, 0.6) is 17.2 Å². The van der Waals surface area contributed by atoms with E-state index in [1.54, 1.807) is 7.11 Å². The molecule has 0 aromatic heterocycles. The lowest BCUT2D eigenvalue weighted by Gasteiger charge is -2.04. The average Bonchev–Trinajstić information content (AvgIpc) is 3.29. The lowest BCUT2D eigenvalue weighted by Crippen LogP contribution is -1.82. The number of rotatable bonds is 3. The fourth-order valence-corrected chi connectivity index (χ4v) is 4.18. The molecule has 0 heterocycles.